The fraction of sp³-hybridized carbons (Fsp3) is 0.385. The summed E-state index contributed by atoms with van der Waals surface area (Å²) in [6, 6.07) is 17.9. The number of anilines is 1. The van der Waals surface area contributed by atoms with Gasteiger partial charge in [-0.25, -0.2) is 9.37 Å². The van der Waals surface area contributed by atoms with Crippen LogP contribution in [0.25, 0.3) is 0 Å². The number of fused-ring (bicyclic) bond motifs is 1. The van der Waals surface area contributed by atoms with Crippen molar-refractivity contribution in [3.63, 3.8) is 0 Å². The number of hydrogen-bond donors (Lipinski definition) is 0. The number of carbonyl (C=O) groups excluding carboxylic acids is 2. The highest BCUT2D eigenvalue weighted by molar-refractivity contribution is 6.23. The number of piperazine rings is 1. The van der Waals surface area contributed by atoms with E-state index < -0.39 is 6.04 Å². The lowest BCUT2D eigenvalue weighted by Crippen LogP contribution is -2.61. The number of likely N-dealkylation sites (N-methyl/N-ethyl adjacent to an activating group) is 2. The molecule has 0 spiro atoms. The van der Waals surface area contributed by atoms with Crippen molar-refractivity contribution < 1.29 is 14.2 Å². The van der Waals surface area contributed by atoms with Gasteiger partial charge in [0.25, 0.3) is 17.8 Å². The van der Waals surface area contributed by atoms with Gasteiger partial charge in [0.15, 0.2) is 0 Å². The van der Waals surface area contributed by atoms with Crippen molar-refractivity contribution in [1.82, 2.24) is 14.7 Å². The van der Waals surface area contributed by atoms with Crippen molar-refractivity contribution in [3.05, 3.63) is 65.7 Å². The zero-order chi connectivity index (χ0) is 23.8. The van der Waals surface area contributed by atoms with Crippen molar-refractivity contribution in [1.29, 1.82) is 0 Å². The van der Waals surface area contributed by atoms with Crippen molar-refractivity contribution >= 4 is 29.3 Å². The molecule has 2 saturated heterocycles. The first-order valence-electron chi connectivity index (χ1n) is 11.8. The van der Waals surface area contributed by atoms with Crippen LogP contribution in [0, 0.1) is 6.92 Å². The number of rotatable bonds is 5. The first-order chi connectivity index (χ1) is 16.4. The molecule has 0 saturated carbocycles. The van der Waals surface area contributed by atoms with Crippen LogP contribution in [0.2, 0.25) is 0 Å². The van der Waals surface area contributed by atoms with Crippen LogP contribution in [0.5, 0.6) is 0 Å². The molecule has 2 aromatic rings. The summed E-state index contributed by atoms with van der Waals surface area (Å²) >= 11 is 0. The van der Waals surface area contributed by atoms with Crippen LogP contribution in [-0.2, 0) is 11.3 Å². The van der Waals surface area contributed by atoms with Crippen LogP contribution in [-0.4, -0.2) is 95.7 Å². The molecule has 0 bridgehead atoms. The molecule has 3 aliphatic rings. The van der Waals surface area contributed by atoms with Gasteiger partial charge in [-0.1, -0.05) is 48.0 Å². The minimum atomic E-state index is -0.575. The molecular formula is C26H31N6O2+. The summed E-state index contributed by atoms with van der Waals surface area (Å²) in [5, 5.41) is 0. The molecule has 176 valence electrons. The first kappa shape index (κ1) is 22.3. The Kier molecular flexibility index (Phi) is 5.91. The molecule has 0 aromatic heterocycles. The van der Waals surface area contributed by atoms with Gasteiger partial charge in [0.05, 0.1) is 0 Å². The van der Waals surface area contributed by atoms with Gasteiger partial charge >= 0.3 is 11.9 Å². The summed E-state index contributed by atoms with van der Waals surface area (Å²) in [5.41, 5.74) is 3.55. The van der Waals surface area contributed by atoms with E-state index in [1.54, 1.807) is 14.1 Å². The second-order valence-electron chi connectivity index (χ2n) is 9.24. The Morgan fingerprint density at radius 1 is 0.941 bits per heavy atom. The smallest absolute Gasteiger partial charge is 0.333 e. The lowest BCUT2D eigenvalue weighted by Gasteiger charge is -2.35. The van der Waals surface area contributed by atoms with Gasteiger partial charge in [-0.05, 0) is 29.6 Å². The highest BCUT2D eigenvalue weighted by Gasteiger charge is 2.53. The van der Waals surface area contributed by atoms with Crippen LogP contribution >= 0.6 is 0 Å². The van der Waals surface area contributed by atoms with Gasteiger partial charge in [-0.3, -0.25) is 19.5 Å². The summed E-state index contributed by atoms with van der Waals surface area (Å²) in [6.45, 7) is 6.99. The maximum absolute atomic E-state index is 13.2. The third-order valence-electron chi connectivity index (χ3n) is 6.91. The van der Waals surface area contributed by atoms with Gasteiger partial charge in [0, 0.05) is 46.0 Å². The molecule has 8 heteroatoms. The predicted octanol–water partition coefficient (Wildman–Crippen LogP) is 2.03. The number of para-hydroxylation sites is 1. The van der Waals surface area contributed by atoms with Gasteiger partial charge in [-0.15, -0.1) is 0 Å². The number of hydrogen-bond acceptors (Lipinski definition) is 5. The van der Waals surface area contributed by atoms with E-state index in [0.29, 0.717) is 18.9 Å². The molecule has 2 fully saturated rings. The molecule has 3 aliphatic heterocycles. The Hall–Kier alpha value is -3.52. The molecule has 0 radical (unpaired) electrons. The quantitative estimate of drug-likeness (QED) is 0.642. The molecule has 1 atom stereocenters. The van der Waals surface area contributed by atoms with Crippen molar-refractivity contribution in [2.45, 2.75) is 19.5 Å². The first-order valence-corrected chi connectivity index (χ1v) is 11.8. The maximum Gasteiger partial charge on any atom is 0.333 e. The molecular weight excluding hydrogens is 428 g/mol. The number of urea groups is 1. The van der Waals surface area contributed by atoms with Crippen LogP contribution in [0.4, 0.5) is 10.5 Å². The Balaban J connectivity index is 1.40. The number of imide groups is 1. The zero-order valence-corrected chi connectivity index (χ0v) is 20.0. The van der Waals surface area contributed by atoms with Gasteiger partial charge in [0.1, 0.15) is 13.1 Å². The Morgan fingerprint density at radius 2 is 1.68 bits per heavy atom. The fourth-order valence-corrected chi connectivity index (χ4v) is 4.97. The average molecular weight is 460 g/mol. The Morgan fingerprint density at radius 3 is 2.38 bits per heavy atom. The summed E-state index contributed by atoms with van der Waals surface area (Å²) in [6.07, 6.45) is 0. The second-order valence-corrected chi connectivity index (χ2v) is 9.24. The Labute approximate surface area is 200 Å². The molecule has 2 aromatic carbocycles. The van der Waals surface area contributed by atoms with Crippen molar-refractivity contribution in [2.75, 3.05) is 51.7 Å². The molecule has 34 heavy (non-hydrogen) atoms. The van der Waals surface area contributed by atoms with Crippen molar-refractivity contribution in [2.24, 2.45) is 4.99 Å². The van der Waals surface area contributed by atoms with E-state index in [1.807, 2.05) is 12.1 Å². The number of carbonyl (C=O) groups is 2. The number of benzene rings is 2. The third kappa shape index (κ3) is 4.09. The predicted molar refractivity (Wildman–Crippen MR) is 132 cm³/mol. The topological polar surface area (TPSA) is 62.5 Å². The molecule has 3 heterocycles. The molecule has 8 nitrogen and oxygen atoms in total. The van der Waals surface area contributed by atoms with E-state index in [-0.39, 0.29) is 11.9 Å². The third-order valence-corrected chi connectivity index (χ3v) is 6.91. The van der Waals surface area contributed by atoms with Crippen LogP contribution in [0.3, 0.4) is 0 Å². The minimum Gasteiger partial charge on any atom is -0.369 e. The average Bonchev–Trinajstić information content (AvgIpc) is 3.20. The van der Waals surface area contributed by atoms with E-state index in [9.17, 15) is 9.59 Å². The van der Waals surface area contributed by atoms with Crippen LogP contribution < -0.4 is 4.90 Å². The molecule has 5 rings (SSSR count). The normalized spacial score (nSPS) is 21.3. The standard InChI is InChI=1S/C26H31N6O2/c1-19-8-7-9-20(16-19)17-32-22(27-24-23(32)25(33)29(3)26(34)28(24)2)18-30-12-14-31(15-13-30)21-10-5-4-6-11-21/h4-11,16,23H,12-15,17-18H2,1-3H3/q+1. The Bertz CT molecular complexity index is 1170. The van der Waals surface area contributed by atoms with E-state index >= 15 is 0 Å². The summed E-state index contributed by atoms with van der Waals surface area (Å²) in [4.78, 5) is 38.1. The molecule has 3 amide bonds. The lowest BCUT2D eigenvalue weighted by atomic mass is 10.1. The number of nitrogens with zero attached hydrogens (tertiary/aromatic N) is 6. The van der Waals surface area contributed by atoms with Gasteiger partial charge < -0.3 is 4.90 Å². The minimum absolute atomic E-state index is 0.224. The number of aryl methyl sites for hydroxylation is 1. The fourth-order valence-electron chi connectivity index (χ4n) is 4.97. The number of amides is 3. The van der Waals surface area contributed by atoms with Gasteiger partial charge in [-0.2, -0.15) is 0 Å². The SMILES string of the molecule is Cc1cccc(C[N+]2=C(CN3CCN(c4ccccc4)CC3)N=C3C2C(=O)N(C)C(=O)N3C)c1. The van der Waals surface area contributed by atoms with E-state index in [4.69, 9.17) is 4.99 Å². The van der Waals surface area contributed by atoms with Crippen LogP contribution in [0.15, 0.2) is 59.6 Å². The number of amidine groups is 2. The zero-order valence-electron chi connectivity index (χ0n) is 20.0. The number of aliphatic imine (C=N–C) groups is 1. The van der Waals surface area contributed by atoms with E-state index in [2.05, 4.69) is 63.8 Å². The summed E-state index contributed by atoms with van der Waals surface area (Å²) in [7, 11) is 3.24. The van der Waals surface area contributed by atoms with Crippen molar-refractivity contribution in [3.8, 4) is 0 Å². The lowest BCUT2D eigenvalue weighted by molar-refractivity contribution is -0.552. The molecule has 0 aliphatic carbocycles. The van der Waals surface area contributed by atoms with Crippen LogP contribution in [0.1, 0.15) is 11.1 Å². The molecule has 0 N–H and O–H groups in total. The largest absolute Gasteiger partial charge is 0.369 e. The summed E-state index contributed by atoms with van der Waals surface area (Å²) in [5.74, 6) is 1.15. The van der Waals surface area contributed by atoms with E-state index in [1.165, 1.54) is 21.1 Å². The monoisotopic (exact) mass is 459 g/mol. The highest BCUT2D eigenvalue weighted by atomic mass is 16.2. The van der Waals surface area contributed by atoms with Gasteiger partial charge in [0.2, 0.25) is 0 Å². The maximum atomic E-state index is 13.2. The molecule has 1 unspecified atom stereocenters. The highest BCUT2D eigenvalue weighted by Crippen LogP contribution is 2.22. The van der Waals surface area contributed by atoms with E-state index in [0.717, 1.165) is 37.6 Å². The summed E-state index contributed by atoms with van der Waals surface area (Å²) < 4.78 is 2.08. The second kappa shape index (κ2) is 9.02.